The molecule has 0 heterocycles. The van der Waals surface area contributed by atoms with E-state index in [2.05, 4.69) is 39.1 Å². The van der Waals surface area contributed by atoms with Crippen LogP contribution in [0.15, 0.2) is 36.4 Å². The van der Waals surface area contributed by atoms with Gasteiger partial charge in [-0.25, -0.2) is 29.0 Å². The summed E-state index contributed by atoms with van der Waals surface area (Å²) < 4.78 is 19.7. The van der Waals surface area contributed by atoms with Gasteiger partial charge < -0.3 is 18.9 Å². The van der Waals surface area contributed by atoms with Crippen molar-refractivity contribution in [3.63, 3.8) is 0 Å². The van der Waals surface area contributed by atoms with Crippen molar-refractivity contribution >= 4 is 24.2 Å². The van der Waals surface area contributed by atoms with Crippen molar-refractivity contribution in [3.8, 4) is 0 Å². The van der Waals surface area contributed by atoms with E-state index in [1.165, 1.54) is 0 Å². The number of aryl methyl sites for hydroxylation is 4. The molecule has 0 saturated carbocycles. The summed E-state index contributed by atoms with van der Waals surface area (Å²) in [6, 6.07) is 10.1. The van der Waals surface area contributed by atoms with E-state index in [9.17, 15) is 19.2 Å². The van der Waals surface area contributed by atoms with Crippen molar-refractivity contribution in [2.75, 3.05) is 39.6 Å². The molecular weight excluding hydrogens is 536 g/mol. The van der Waals surface area contributed by atoms with Crippen LogP contribution < -0.4 is 0 Å². The quantitative estimate of drug-likeness (QED) is 0.132. The highest BCUT2D eigenvalue weighted by atomic mass is 17.5. The minimum absolute atomic E-state index is 0.0157. The molecule has 0 spiro atoms. The number of hydrogen-bond donors (Lipinski definition) is 0. The monoisotopic (exact) mass is 566 g/mol. The molecule has 14 nitrogen and oxygen atoms in total. The maximum atomic E-state index is 11.9. The van der Waals surface area contributed by atoms with E-state index in [1.807, 2.05) is 13.8 Å². The van der Waals surface area contributed by atoms with Crippen LogP contribution in [0.4, 0.5) is 9.59 Å². The first kappa shape index (κ1) is 32.0. The first-order valence-corrected chi connectivity index (χ1v) is 11.9. The molecule has 0 bridgehead atoms. The average Bonchev–Trinajstić information content (AvgIpc) is 2.89. The maximum Gasteiger partial charge on any atom is 0.543 e. The molecule has 0 aliphatic rings. The molecule has 0 radical (unpaired) electrons. The predicted molar refractivity (Wildman–Crippen MR) is 131 cm³/mol. The average molecular weight is 567 g/mol. The third-order valence-electron chi connectivity index (χ3n) is 4.89. The van der Waals surface area contributed by atoms with Crippen LogP contribution in [0.5, 0.6) is 0 Å². The number of carbonyl (C=O) groups is 4. The Hall–Kier alpha value is -4.24. The second kappa shape index (κ2) is 17.4. The van der Waals surface area contributed by atoms with E-state index >= 15 is 0 Å². The van der Waals surface area contributed by atoms with E-state index in [4.69, 9.17) is 9.47 Å². The summed E-state index contributed by atoms with van der Waals surface area (Å²) in [7, 11) is 0. The molecule has 0 aliphatic carbocycles. The molecule has 2 rings (SSSR count). The highest BCUT2D eigenvalue weighted by molar-refractivity contribution is 5.91. The second-order valence-corrected chi connectivity index (χ2v) is 8.10. The topological polar surface area (TPSA) is 161 Å². The molecule has 0 aliphatic heterocycles. The Labute approximate surface area is 229 Å². The van der Waals surface area contributed by atoms with Crippen molar-refractivity contribution < 1.29 is 67.8 Å². The highest BCUT2D eigenvalue weighted by Crippen LogP contribution is 2.13. The van der Waals surface area contributed by atoms with Gasteiger partial charge in [0.25, 0.3) is 0 Å². The molecular formula is C26H30O14. The lowest BCUT2D eigenvalue weighted by Gasteiger charge is -2.07. The van der Waals surface area contributed by atoms with E-state index in [0.29, 0.717) is 11.1 Å². The van der Waals surface area contributed by atoms with Gasteiger partial charge in [-0.15, -0.1) is 0 Å². The molecule has 0 atom stereocenters. The molecule has 0 fully saturated rings. The number of hydrogen-bond acceptors (Lipinski definition) is 14. The Morgan fingerprint density at radius 3 is 1.27 bits per heavy atom. The van der Waals surface area contributed by atoms with E-state index in [1.54, 1.807) is 50.2 Å². The summed E-state index contributed by atoms with van der Waals surface area (Å²) in [5.41, 5.74) is 3.79. The smallest absolute Gasteiger partial charge is 0.430 e. The molecule has 0 saturated heterocycles. The fourth-order valence-electron chi connectivity index (χ4n) is 3.06. The largest absolute Gasteiger partial charge is 0.543 e. The summed E-state index contributed by atoms with van der Waals surface area (Å²) in [5.74, 6) is -1.67. The van der Waals surface area contributed by atoms with Crippen LogP contribution >= 0.6 is 0 Å². The van der Waals surface area contributed by atoms with E-state index < -0.39 is 24.2 Å². The minimum atomic E-state index is -1.23. The lowest BCUT2D eigenvalue weighted by molar-refractivity contribution is -0.452. The van der Waals surface area contributed by atoms with Crippen molar-refractivity contribution in [2.45, 2.75) is 27.7 Å². The van der Waals surface area contributed by atoms with Gasteiger partial charge in [0.05, 0.1) is 47.6 Å². The second-order valence-electron chi connectivity index (χ2n) is 8.10. The molecule has 0 aromatic heterocycles. The molecule has 2 aromatic rings. The number of carbonyl (C=O) groups excluding carboxylic acids is 4. The molecule has 14 heteroatoms. The standard InChI is InChI=1S/C26H30O14/c1-17-5-7-21(19(3)15-17)23(27)35-39-37-25(29)33-13-11-31-9-10-32-12-14-34-26(30)38-40-36-24(28)22-8-6-18(2)16-20(22)4/h5-8,15-16H,9-14H2,1-4H3. The number of rotatable bonds is 15. The van der Waals surface area contributed by atoms with Gasteiger partial charge in [-0.2, -0.15) is 0 Å². The van der Waals surface area contributed by atoms with Crippen LogP contribution in [0, 0.1) is 27.7 Å². The predicted octanol–water partition coefficient (Wildman–Crippen LogP) is 3.97. The van der Waals surface area contributed by atoms with Gasteiger partial charge in [0.2, 0.25) is 0 Å². The van der Waals surface area contributed by atoms with Gasteiger partial charge in [0.15, 0.2) is 0 Å². The van der Waals surface area contributed by atoms with E-state index in [0.717, 1.165) is 11.1 Å². The van der Waals surface area contributed by atoms with Gasteiger partial charge in [0.1, 0.15) is 13.2 Å². The molecule has 0 N–H and O–H groups in total. The third-order valence-corrected chi connectivity index (χ3v) is 4.89. The zero-order valence-corrected chi connectivity index (χ0v) is 22.4. The number of ether oxygens (including phenoxy) is 4. The van der Waals surface area contributed by atoms with Crippen LogP contribution in [-0.4, -0.2) is 63.9 Å². The third kappa shape index (κ3) is 12.1. The van der Waals surface area contributed by atoms with Gasteiger partial charge in [-0.3, -0.25) is 9.78 Å². The Balaban J connectivity index is 1.40. The number of benzene rings is 2. The van der Waals surface area contributed by atoms with Crippen LogP contribution in [0.25, 0.3) is 0 Å². The van der Waals surface area contributed by atoms with Gasteiger partial charge in [-0.1, -0.05) is 35.4 Å². The summed E-state index contributed by atoms with van der Waals surface area (Å²) in [6.07, 6.45) is -2.47. The van der Waals surface area contributed by atoms with Crippen molar-refractivity contribution in [2.24, 2.45) is 0 Å². The van der Waals surface area contributed by atoms with Gasteiger partial charge in [0, 0.05) is 0 Å². The first-order chi connectivity index (χ1) is 19.2. The fraction of sp³-hybridized carbons (Fsp3) is 0.385. The Morgan fingerprint density at radius 1 is 0.525 bits per heavy atom. The normalized spacial score (nSPS) is 10.4. The minimum Gasteiger partial charge on any atom is -0.430 e. The van der Waals surface area contributed by atoms with Gasteiger partial charge >= 0.3 is 24.2 Å². The maximum absolute atomic E-state index is 11.9. The van der Waals surface area contributed by atoms with Crippen LogP contribution in [0.1, 0.15) is 43.0 Å². The zero-order chi connectivity index (χ0) is 29.3. The summed E-state index contributed by atoms with van der Waals surface area (Å²) in [4.78, 5) is 63.7. The fourth-order valence-corrected chi connectivity index (χ4v) is 3.06. The Morgan fingerprint density at radius 2 is 0.900 bits per heavy atom. The lowest BCUT2D eigenvalue weighted by Crippen LogP contribution is -2.17. The molecule has 40 heavy (non-hydrogen) atoms. The molecule has 2 aromatic carbocycles. The molecule has 218 valence electrons. The summed E-state index contributed by atoms with van der Waals surface area (Å²) in [6.45, 7) is 7.17. The molecule has 0 unspecified atom stereocenters. The van der Waals surface area contributed by atoms with Gasteiger partial charge in [-0.05, 0) is 51.0 Å². The Bertz CT molecular complexity index is 1060. The van der Waals surface area contributed by atoms with Crippen molar-refractivity contribution in [1.29, 1.82) is 0 Å². The van der Waals surface area contributed by atoms with E-state index in [-0.39, 0.29) is 50.8 Å². The lowest BCUT2D eigenvalue weighted by atomic mass is 10.1. The zero-order valence-electron chi connectivity index (χ0n) is 22.4. The SMILES string of the molecule is Cc1ccc(C(=O)OOOC(=O)OCCOCCOCCOC(=O)OOOC(=O)c2ccc(C)cc2C)c(C)c1. The van der Waals surface area contributed by atoms with Crippen LogP contribution in [-0.2, 0) is 48.6 Å². The van der Waals surface area contributed by atoms with Crippen molar-refractivity contribution in [1.82, 2.24) is 0 Å². The Kier molecular flexibility index (Phi) is 13.9. The first-order valence-electron chi connectivity index (χ1n) is 11.9. The van der Waals surface area contributed by atoms with Crippen LogP contribution in [0.2, 0.25) is 0 Å². The highest BCUT2D eigenvalue weighted by Gasteiger charge is 2.15. The summed E-state index contributed by atoms with van der Waals surface area (Å²) in [5, 5.41) is 8.29. The van der Waals surface area contributed by atoms with Crippen LogP contribution in [0.3, 0.4) is 0 Å². The van der Waals surface area contributed by atoms with Crippen molar-refractivity contribution in [3.05, 3.63) is 69.8 Å². The molecule has 0 amide bonds. The summed E-state index contributed by atoms with van der Waals surface area (Å²) >= 11 is 0.